The Morgan fingerprint density at radius 3 is 2.14 bits per heavy atom. The van der Waals surface area contributed by atoms with Crippen molar-refractivity contribution in [2.24, 2.45) is 5.14 Å². The van der Waals surface area contributed by atoms with E-state index in [4.69, 9.17) is 5.14 Å². The Balaban J connectivity index is 1.78. The number of sulfonamides is 2. The minimum atomic E-state index is -3.83. The summed E-state index contributed by atoms with van der Waals surface area (Å²) in [5.41, 5.74) is 1.30. The molecule has 1 aliphatic heterocycles. The molecule has 0 radical (unpaired) electrons. The van der Waals surface area contributed by atoms with Crippen LogP contribution >= 0.6 is 0 Å². The number of primary sulfonamides is 1. The van der Waals surface area contributed by atoms with Crippen molar-refractivity contribution >= 4 is 31.6 Å². The molecule has 1 amide bonds. The Kier molecular flexibility index (Phi) is 5.57. The molecule has 10 heteroatoms. The van der Waals surface area contributed by atoms with Gasteiger partial charge in [0.2, 0.25) is 26.0 Å². The van der Waals surface area contributed by atoms with E-state index in [2.05, 4.69) is 5.32 Å². The summed E-state index contributed by atoms with van der Waals surface area (Å²) in [6, 6.07) is 11.0. The lowest BCUT2D eigenvalue weighted by Crippen LogP contribution is -2.43. The predicted octanol–water partition coefficient (Wildman–Crippen LogP) is 1.43. The van der Waals surface area contributed by atoms with Crippen LogP contribution < -0.4 is 10.5 Å². The quantitative estimate of drug-likeness (QED) is 0.752. The molecule has 2 aromatic carbocycles. The van der Waals surface area contributed by atoms with E-state index in [1.807, 2.05) is 6.92 Å². The Morgan fingerprint density at radius 2 is 1.57 bits per heavy atom. The number of rotatable bonds is 5. The van der Waals surface area contributed by atoms with E-state index >= 15 is 0 Å². The van der Waals surface area contributed by atoms with E-state index in [0.29, 0.717) is 18.5 Å². The highest BCUT2D eigenvalue weighted by Crippen LogP contribution is 2.27. The van der Waals surface area contributed by atoms with Crippen molar-refractivity contribution in [2.45, 2.75) is 35.6 Å². The Labute approximate surface area is 164 Å². The number of benzene rings is 2. The van der Waals surface area contributed by atoms with Crippen LogP contribution in [-0.4, -0.2) is 39.6 Å². The molecule has 0 aliphatic carbocycles. The van der Waals surface area contributed by atoms with Crippen molar-refractivity contribution in [2.75, 3.05) is 11.9 Å². The van der Waals surface area contributed by atoms with Gasteiger partial charge in [0, 0.05) is 12.2 Å². The van der Waals surface area contributed by atoms with Gasteiger partial charge >= 0.3 is 0 Å². The largest absolute Gasteiger partial charge is 0.325 e. The highest BCUT2D eigenvalue weighted by Gasteiger charge is 2.39. The maximum atomic E-state index is 12.9. The second-order valence-corrected chi connectivity index (χ2v) is 10.1. The molecule has 1 heterocycles. The Hall–Kier alpha value is -2.27. The van der Waals surface area contributed by atoms with Crippen LogP contribution in [0.15, 0.2) is 58.3 Å². The van der Waals surface area contributed by atoms with Gasteiger partial charge in [0.05, 0.1) is 9.79 Å². The third-order valence-electron chi connectivity index (χ3n) is 4.58. The number of nitrogens with two attached hydrogens (primary N) is 1. The number of carbonyl (C=O) groups excluding carboxylic acids is 1. The summed E-state index contributed by atoms with van der Waals surface area (Å²) in [5.74, 6) is -0.462. The van der Waals surface area contributed by atoms with Crippen molar-refractivity contribution in [3.8, 4) is 0 Å². The first-order valence-corrected chi connectivity index (χ1v) is 11.6. The predicted molar refractivity (Wildman–Crippen MR) is 105 cm³/mol. The molecule has 1 fully saturated rings. The van der Waals surface area contributed by atoms with Gasteiger partial charge in [-0.25, -0.2) is 22.0 Å². The van der Waals surface area contributed by atoms with Crippen molar-refractivity contribution in [3.05, 3.63) is 54.1 Å². The fourth-order valence-electron chi connectivity index (χ4n) is 3.09. The van der Waals surface area contributed by atoms with E-state index in [0.717, 1.165) is 5.56 Å². The van der Waals surface area contributed by atoms with E-state index in [-0.39, 0.29) is 16.3 Å². The lowest BCUT2D eigenvalue weighted by molar-refractivity contribution is -0.119. The molecule has 28 heavy (non-hydrogen) atoms. The molecule has 1 aliphatic rings. The highest BCUT2D eigenvalue weighted by molar-refractivity contribution is 7.89. The van der Waals surface area contributed by atoms with E-state index < -0.39 is 32.0 Å². The molecule has 8 nitrogen and oxygen atoms in total. The summed E-state index contributed by atoms with van der Waals surface area (Å²) in [4.78, 5) is 12.8. The van der Waals surface area contributed by atoms with Crippen molar-refractivity contribution < 1.29 is 21.6 Å². The van der Waals surface area contributed by atoms with Crippen LogP contribution in [-0.2, 0) is 24.8 Å². The summed E-state index contributed by atoms with van der Waals surface area (Å²) in [6.07, 6.45) is 0.986. The highest BCUT2D eigenvalue weighted by atomic mass is 32.2. The average Bonchev–Trinajstić information content (AvgIpc) is 3.12. The van der Waals surface area contributed by atoms with Crippen LogP contribution in [0.2, 0.25) is 0 Å². The van der Waals surface area contributed by atoms with Gasteiger partial charge in [0.25, 0.3) is 0 Å². The standard InChI is InChI=1S/C18H21N3O5S2/c1-13-4-8-16(9-5-13)28(25,26)21-12-2-3-17(21)18(22)20-14-6-10-15(11-7-14)27(19,23)24/h4-11,17H,2-3,12H2,1H3,(H,20,22)(H2,19,23,24). The third kappa shape index (κ3) is 4.25. The van der Waals surface area contributed by atoms with Crippen molar-refractivity contribution in [1.82, 2.24) is 4.31 Å². The van der Waals surface area contributed by atoms with Gasteiger partial charge in [-0.1, -0.05) is 17.7 Å². The molecule has 150 valence electrons. The molecule has 1 saturated heterocycles. The number of hydrogen-bond donors (Lipinski definition) is 2. The summed E-state index contributed by atoms with van der Waals surface area (Å²) in [7, 11) is -7.62. The Morgan fingerprint density at radius 1 is 1.00 bits per heavy atom. The van der Waals surface area contributed by atoms with Crippen LogP contribution in [0, 0.1) is 6.92 Å². The maximum absolute atomic E-state index is 12.9. The molecule has 3 rings (SSSR count). The number of amides is 1. The first-order valence-electron chi connectivity index (χ1n) is 8.61. The van der Waals surface area contributed by atoms with Gasteiger partial charge in [0.1, 0.15) is 6.04 Å². The van der Waals surface area contributed by atoms with Gasteiger partial charge in [-0.2, -0.15) is 4.31 Å². The van der Waals surface area contributed by atoms with Crippen LogP contribution in [0.5, 0.6) is 0 Å². The SMILES string of the molecule is Cc1ccc(S(=O)(=O)N2CCCC2C(=O)Nc2ccc(S(N)(=O)=O)cc2)cc1. The molecular formula is C18H21N3O5S2. The minimum absolute atomic E-state index is 0.0741. The normalized spacial score (nSPS) is 18.1. The zero-order chi connectivity index (χ0) is 20.5. The molecular weight excluding hydrogens is 402 g/mol. The minimum Gasteiger partial charge on any atom is -0.325 e. The van der Waals surface area contributed by atoms with Gasteiger partial charge < -0.3 is 5.32 Å². The van der Waals surface area contributed by atoms with E-state index in [1.54, 1.807) is 12.1 Å². The van der Waals surface area contributed by atoms with Crippen LogP contribution in [0.3, 0.4) is 0 Å². The molecule has 0 bridgehead atoms. The zero-order valence-electron chi connectivity index (χ0n) is 15.2. The number of aryl methyl sites for hydroxylation is 1. The lowest BCUT2D eigenvalue weighted by Gasteiger charge is -2.23. The van der Waals surface area contributed by atoms with Crippen molar-refractivity contribution in [3.63, 3.8) is 0 Å². The molecule has 0 saturated carbocycles. The molecule has 1 unspecified atom stereocenters. The van der Waals surface area contributed by atoms with Crippen molar-refractivity contribution in [1.29, 1.82) is 0 Å². The Bertz CT molecular complexity index is 1080. The number of hydrogen-bond acceptors (Lipinski definition) is 5. The fourth-order valence-corrected chi connectivity index (χ4v) is 5.26. The monoisotopic (exact) mass is 423 g/mol. The summed E-state index contributed by atoms with van der Waals surface area (Å²) in [6.45, 7) is 2.13. The number of carbonyl (C=O) groups is 1. The molecule has 0 spiro atoms. The third-order valence-corrected chi connectivity index (χ3v) is 7.44. The number of nitrogens with zero attached hydrogens (tertiary/aromatic N) is 1. The van der Waals surface area contributed by atoms with Gasteiger partial charge in [-0.05, 0) is 56.2 Å². The molecule has 2 aromatic rings. The number of anilines is 1. The maximum Gasteiger partial charge on any atom is 0.243 e. The van der Waals surface area contributed by atoms with Crippen LogP contribution in [0.1, 0.15) is 18.4 Å². The fraction of sp³-hybridized carbons (Fsp3) is 0.278. The van der Waals surface area contributed by atoms with E-state index in [1.165, 1.54) is 40.7 Å². The molecule has 1 atom stereocenters. The first kappa shape index (κ1) is 20.5. The van der Waals surface area contributed by atoms with Gasteiger partial charge in [-0.3, -0.25) is 4.79 Å². The molecule has 3 N–H and O–H groups in total. The topological polar surface area (TPSA) is 127 Å². The van der Waals surface area contributed by atoms with E-state index in [9.17, 15) is 21.6 Å². The average molecular weight is 424 g/mol. The van der Waals surface area contributed by atoms with Crippen LogP contribution in [0.25, 0.3) is 0 Å². The number of nitrogens with one attached hydrogen (secondary N) is 1. The van der Waals surface area contributed by atoms with Crippen LogP contribution in [0.4, 0.5) is 5.69 Å². The smallest absolute Gasteiger partial charge is 0.243 e. The summed E-state index contributed by atoms with van der Waals surface area (Å²) >= 11 is 0. The first-order chi connectivity index (χ1) is 13.1. The van der Waals surface area contributed by atoms with Gasteiger partial charge in [-0.15, -0.1) is 0 Å². The zero-order valence-corrected chi connectivity index (χ0v) is 16.8. The second kappa shape index (κ2) is 7.63. The summed E-state index contributed by atoms with van der Waals surface area (Å²) in [5, 5.41) is 7.69. The second-order valence-electron chi connectivity index (χ2n) is 6.65. The lowest BCUT2D eigenvalue weighted by atomic mass is 10.2. The summed E-state index contributed by atoms with van der Waals surface area (Å²) < 4.78 is 49.7. The molecule has 0 aromatic heterocycles. The van der Waals surface area contributed by atoms with Gasteiger partial charge in [0.15, 0.2) is 0 Å².